The van der Waals surface area contributed by atoms with Crippen LogP contribution < -0.4 is 30.7 Å². The lowest BCUT2D eigenvalue weighted by Gasteiger charge is -2.31. The molecule has 2 aliphatic heterocycles. The number of sulfone groups is 2. The lowest BCUT2D eigenvalue weighted by Crippen LogP contribution is -2.42. The van der Waals surface area contributed by atoms with E-state index < -0.39 is 56.7 Å². The Bertz CT molecular complexity index is 3560. The Kier molecular flexibility index (Phi) is 19.9. The van der Waals surface area contributed by atoms with Gasteiger partial charge in [-0.15, -0.1) is 22.7 Å². The van der Waals surface area contributed by atoms with Crippen molar-refractivity contribution in [3.05, 3.63) is 142 Å². The van der Waals surface area contributed by atoms with E-state index in [4.69, 9.17) is 14.6 Å². The molecular weight excluding hydrogens is 1150 g/mol. The molecule has 0 bridgehead atoms. The summed E-state index contributed by atoms with van der Waals surface area (Å²) in [6.45, 7) is 0.878. The Labute approximate surface area is 464 Å². The number of ether oxygens (including phenoxy) is 2. The van der Waals surface area contributed by atoms with Crippen molar-refractivity contribution in [3.63, 3.8) is 0 Å². The third-order valence-electron chi connectivity index (χ3n) is 12.6. The van der Waals surface area contributed by atoms with Gasteiger partial charge >= 0.3 is 5.51 Å². The van der Waals surface area contributed by atoms with Crippen molar-refractivity contribution in [1.29, 1.82) is 0 Å². The second kappa shape index (κ2) is 26.0. The number of thiophene rings is 2. The van der Waals surface area contributed by atoms with Crippen LogP contribution in [0.4, 0.5) is 24.5 Å². The van der Waals surface area contributed by atoms with Crippen molar-refractivity contribution in [2.75, 3.05) is 63.4 Å². The minimum Gasteiger partial charge on any atom is -0.497 e. The maximum Gasteiger partial charge on any atom is 0.501 e. The molecule has 0 radical (unpaired) electrons. The van der Waals surface area contributed by atoms with E-state index in [1.807, 2.05) is 0 Å². The highest BCUT2D eigenvalue weighted by atomic mass is 32.3. The molecule has 8 rings (SSSR count). The Morgan fingerprint density at radius 1 is 0.582 bits per heavy atom. The number of alkyl halides is 3. The molecular formula is C51H57F3N6O13S6. The third-order valence-corrected chi connectivity index (χ3v) is 22.7. The highest BCUT2D eigenvalue weighted by Crippen LogP contribution is 2.33. The molecule has 0 spiro atoms. The summed E-state index contributed by atoms with van der Waals surface area (Å²) >= 11 is 2.18. The van der Waals surface area contributed by atoms with Gasteiger partial charge < -0.3 is 35.8 Å². The number of sulfonamides is 2. The number of carbonyl (C=O) groups excluding carboxylic acids is 2. The van der Waals surface area contributed by atoms with E-state index in [0.29, 0.717) is 72.0 Å². The van der Waals surface area contributed by atoms with Crippen molar-refractivity contribution >= 4 is 85.6 Å². The number of amides is 2. The van der Waals surface area contributed by atoms with Crippen molar-refractivity contribution in [2.24, 2.45) is 0 Å². The van der Waals surface area contributed by atoms with Gasteiger partial charge in [0.05, 0.1) is 49.5 Å². The molecule has 79 heavy (non-hydrogen) atoms. The number of aliphatic hydroxyl groups excluding tert-OH is 1. The zero-order valence-corrected chi connectivity index (χ0v) is 47.4. The number of hydrogen-bond acceptors (Lipinski definition) is 17. The minimum atomic E-state index is -5.48. The fourth-order valence-electron chi connectivity index (χ4n) is 8.36. The Morgan fingerprint density at radius 2 is 0.987 bits per heavy atom. The summed E-state index contributed by atoms with van der Waals surface area (Å²) in [5.74, 6) is 0.168. The summed E-state index contributed by atoms with van der Waals surface area (Å²) in [6.07, 6.45) is 1.85. The van der Waals surface area contributed by atoms with Crippen LogP contribution in [-0.4, -0.2) is 130 Å². The van der Waals surface area contributed by atoms with Crippen LogP contribution >= 0.6 is 22.7 Å². The van der Waals surface area contributed by atoms with Crippen LogP contribution in [0.2, 0.25) is 0 Å². The van der Waals surface area contributed by atoms with Crippen LogP contribution in [0, 0.1) is 0 Å². The van der Waals surface area contributed by atoms with Crippen molar-refractivity contribution < 1.29 is 71.0 Å². The number of rotatable bonds is 20. The molecule has 5 N–H and O–H groups in total. The van der Waals surface area contributed by atoms with Gasteiger partial charge in [0.1, 0.15) is 19.9 Å². The largest absolute Gasteiger partial charge is 0.501 e. The number of halogens is 3. The van der Waals surface area contributed by atoms with Gasteiger partial charge in [-0.3, -0.25) is 9.59 Å². The molecule has 0 saturated carbocycles. The predicted molar refractivity (Wildman–Crippen MR) is 293 cm³/mol. The van der Waals surface area contributed by atoms with Crippen LogP contribution in [0.25, 0.3) is 0 Å². The molecule has 28 heteroatoms. The van der Waals surface area contributed by atoms with E-state index >= 15 is 0 Å². The second-order valence-electron chi connectivity index (χ2n) is 18.0. The number of piperidine rings is 2. The predicted octanol–water partition coefficient (Wildman–Crippen LogP) is 6.96. The average molecular weight is 1210 g/mol. The molecule has 2 aromatic heterocycles. The Hall–Kier alpha value is -6.11. The smallest absolute Gasteiger partial charge is 0.497 e. The maximum atomic E-state index is 13.2. The van der Waals surface area contributed by atoms with Crippen molar-refractivity contribution in [3.8, 4) is 11.5 Å². The fraction of sp³-hybridized carbons (Fsp3) is 0.333. The van der Waals surface area contributed by atoms with Gasteiger partial charge in [0.2, 0.25) is 0 Å². The number of nitrogens with zero attached hydrogens (tertiary/aromatic N) is 2. The molecule has 0 aliphatic carbocycles. The first-order chi connectivity index (χ1) is 37.4. The average Bonchev–Trinajstić information content (AvgIpc) is 4.19. The lowest BCUT2D eigenvalue weighted by atomic mass is 10.1. The molecule has 19 nitrogen and oxygen atoms in total. The first-order valence-electron chi connectivity index (χ1n) is 24.3. The van der Waals surface area contributed by atoms with E-state index in [1.54, 1.807) is 78.9 Å². The monoisotopic (exact) mass is 1210 g/mol. The number of anilines is 2. The maximum absolute atomic E-state index is 13.2. The number of benzene rings is 4. The number of carbonyl (C=O) groups is 2. The lowest BCUT2D eigenvalue weighted by molar-refractivity contribution is -0.0436. The molecule has 2 fully saturated rings. The van der Waals surface area contributed by atoms with Gasteiger partial charge in [-0.1, -0.05) is 24.3 Å². The van der Waals surface area contributed by atoms with E-state index in [-0.39, 0.29) is 74.8 Å². The first-order valence-corrected chi connectivity index (χ1v) is 32.0. The van der Waals surface area contributed by atoms with Gasteiger partial charge in [0.25, 0.3) is 41.7 Å². The summed E-state index contributed by atoms with van der Waals surface area (Å²) in [4.78, 5) is 25.5. The third kappa shape index (κ3) is 15.4. The van der Waals surface area contributed by atoms with Gasteiger partial charge in [0.15, 0.2) is 9.84 Å². The van der Waals surface area contributed by atoms with Crippen LogP contribution in [-0.2, 0) is 52.8 Å². The fourth-order valence-corrected chi connectivity index (χ4v) is 16.1. The zero-order chi connectivity index (χ0) is 57.2. The highest BCUT2D eigenvalue weighted by Gasteiger charge is 2.47. The summed E-state index contributed by atoms with van der Waals surface area (Å²) in [6, 6.07) is 30.5. The van der Waals surface area contributed by atoms with Gasteiger partial charge in [-0.2, -0.15) is 21.8 Å². The molecule has 2 saturated heterocycles. The van der Waals surface area contributed by atoms with E-state index in [2.05, 4.69) is 21.3 Å². The van der Waals surface area contributed by atoms with E-state index in [9.17, 15) is 56.4 Å². The van der Waals surface area contributed by atoms with E-state index in [0.717, 1.165) is 39.7 Å². The molecule has 2 amide bonds. The highest BCUT2D eigenvalue weighted by molar-refractivity contribution is 7.92. The van der Waals surface area contributed by atoms with Gasteiger partial charge in [-0.05, 0) is 123 Å². The molecule has 6 aromatic rings. The van der Waals surface area contributed by atoms with Gasteiger partial charge in [-0.25, -0.2) is 33.7 Å². The van der Waals surface area contributed by atoms with Crippen molar-refractivity contribution in [2.45, 2.75) is 74.6 Å². The summed E-state index contributed by atoms with van der Waals surface area (Å²) in [7, 11) is -13.5. The van der Waals surface area contributed by atoms with Crippen molar-refractivity contribution in [1.82, 2.24) is 19.2 Å². The Balaban J connectivity index is 0.000000229. The quantitative estimate of drug-likeness (QED) is 0.0517. The number of methoxy groups -OCH3 is 2. The summed E-state index contributed by atoms with van der Waals surface area (Å²) in [5.41, 5.74) is -3.71. The van der Waals surface area contributed by atoms with Gasteiger partial charge in [0, 0.05) is 70.5 Å². The minimum absolute atomic E-state index is 0.0158. The topological polar surface area (TPSA) is 264 Å². The number of aliphatic hydroxyl groups is 1. The molecule has 0 unspecified atom stereocenters. The first kappa shape index (κ1) is 60.5. The Morgan fingerprint density at radius 3 is 1.39 bits per heavy atom. The normalized spacial score (nSPS) is 15.3. The standard InChI is InChI=1S/C26H31N3O7S3.C25H26F3N3O6S3/c1-36-22-6-2-4-19(16-22)26(31)27-18-23-8-9-25(37-23)39(34,35)29-12-10-20(11-13-29)28-21-5-3-7-24(17-21)38(32,33)15-14-30;1-37-20-6-2-4-17(14-20)24(32)29-16-21-8-9-23(38-21)40(35,36)31-12-10-18(11-13-31)30-19-5-3-7-22(15-19)39(33,34)25(26,27)28/h2-9,16-17,20,28,30H,10-15,18H2,1H3,(H,27,31);2-9,14-15,18,30H,10-13,16H2,1H3,(H,29,32). The van der Waals surface area contributed by atoms with Crippen LogP contribution in [0.3, 0.4) is 0 Å². The summed E-state index contributed by atoms with van der Waals surface area (Å²) < 4.78 is 153. The second-order valence-corrected chi connectivity index (χ2v) is 28.7. The molecule has 4 heterocycles. The summed E-state index contributed by atoms with van der Waals surface area (Å²) in [5, 5.41) is 20.9. The molecule has 4 aromatic carbocycles. The number of hydrogen-bond donors (Lipinski definition) is 5. The van der Waals surface area contributed by atoms with Crippen LogP contribution in [0.1, 0.15) is 56.2 Å². The van der Waals surface area contributed by atoms with E-state index in [1.165, 1.54) is 53.2 Å². The van der Waals surface area contributed by atoms with Crippen LogP contribution in [0.15, 0.2) is 140 Å². The molecule has 0 atom stereocenters. The molecule has 426 valence electrons. The molecule has 2 aliphatic rings. The SMILES string of the molecule is COc1cccc(C(=O)NCc2ccc(S(=O)(=O)N3CCC(Nc4cccc(S(=O)(=O)C(F)(F)F)c4)CC3)s2)c1.COc1cccc(C(=O)NCc2ccc(S(=O)(=O)N3CCC(Nc4cccc(S(=O)(=O)CCO)c4)CC3)s2)c1. The zero-order valence-electron chi connectivity index (χ0n) is 42.5. The van der Waals surface area contributed by atoms with Crippen LogP contribution in [0.5, 0.6) is 11.5 Å². The number of nitrogens with one attached hydrogen (secondary N) is 4.